The summed E-state index contributed by atoms with van der Waals surface area (Å²) < 4.78 is 0. The quantitative estimate of drug-likeness (QED) is 0.479. The molecular formula is C6H14O3. The van der Waals surface area contributed by atoms with Crippen LogP contribution in [0.25, 0.3) is 0 Å². The molecule has 3 N–H and O–H groups in total. The lowest BCUT2D eigenvalue weighted by molar-refractivity contribution is 0.0639. The summed E-state index contributed by atoms with van der Waals surface area (Å²) in [6.07, 6.45) is -0.0594. The molecule has 3 nitrogen and oxygen atoms in total. The van der Waals surface area contributed by atoms with E-state index in [4.69, 9.17) is 15.3 Å². The summed E-state index contributed by atoms with van der Waals surface area (Å²) in [5.41, 5.74) is 0. The molecule has 0 heterocycles. The molecule has 0 amide bonds. The van der Waals surface area contributed by atoms with E-state index in [1.807, 2.05) is 0 Å². The highest BCUT2D eigenvalue weighted by atomic mass is 16.3. The number of hydrogen-bond donors (Lipinski definition) is 3. The third kappa shape index (κ3) is 3.46. The third-order valence-electron chi connectivity index (χ3n) is 1.42. The van der Waals surface area contributed by atoms with Crippen LogP contribution in [0, 0.1) is 5.92 Å². The summed E-state index contributed by atoms with van der Waals surface area (Å²) in [4.78, 5) is 0. The van der Waals surface area contributed by atoms with Gasteiger partial charge in [-0.2, -0.15) is 0 Å². The molecule has 0 aliphatic carbocycles. The maximum Gasteiger partial charge on any atom is 0.0563 e. The second kappa shape index (κ2) is 4.73. The number of aliphatic hydroxyl groups excluding tert-OH is 3. The lowest BCUT2D eigenvalue weighted by Crippen LogP contribution is -2.21. The van der Waals surface area contributed by atoms with Gasteiger partial charge in [-0.15, -0.1) is 0 Å². The molecule has 0 bridgehead atoms. The zero-order valence-electron chi connectivity index (χ0n) is 5.62. The summed E-state index contributed by atoms with van der Waals surface area (Å²) in [5.74, 6) is -0.171. The first-order valence-electron chi connectivity index (χ1n) is 3.12. The van der Waals surface area contributed by atoms with Crippen LogP contribution in [0.5, 0.6) is 0 Å². The minimum atomic E-state index is -0.526. The Morgan fingerprint density at radius 1 is 1.33 bits per heavy atom. The van der Waals surface area contributed by atoms with Crippen LogP contribution in [0.4, 0.5) is 0 Å². The first-order valence-corrected chi connectivity index (χ1v) is 3.12. The van der Waals surface area contributed by atoms with Crippen molar-refractivity contribution in [3.05, 3.63) is 0 Å². The smallest absolute Gasteiger partial charge is 0.0563 e. The lowest BCUT2D eigenvalue weighted by atomic mass is 10.0. The first-order chi connectivity index (χ1) is 4.22. The zero-order valence-corrected chi connectivity index (χ0v) is 5.62. The molecule has 0 aromatic carbocycles. The van der Waals surface area contributed by atoms with Crippen molar-refractivity contribution in [2.75, 3.05) is 13.2 Å². The molecule has 0 aliphatic heterocycles. The van der Waals surface area contributed by atoms with E-state index in [-0.39, 0.29) is 19.1 Å². The molecule has 3 heteroatoms. The Morgan fingerprint density at radius 2 is 1.89 bits per heavy atom. The molecule has 0 rings (SSSR count). The fraction of sp³-hybridized carbons (Fsp3) is 1.00. The normalized spacial score (nSPS) is 17.3. The molecular weight excluding hydrogens is 120 g/mol. The maximum atomic E-state index is 8.87. The van der Waals surface area contributed by atoms with Gasteiger partial charge in [0.25, 0.3) is 0 Å². The van der Waals surface area contributed by atoms with E-state index >= 15 is 0 Å². The number of rotatable bonds is 4. The first kappa shape index (κ1) is 8.88. The summed E-state index contributed by atoms with van der Waals surface area (Å²) in [7, 11) is 0. The topological polar surface area (TPSA) is 60.7 Å². The van der Waals surface area contributed by atoms with Gasteiger partial charge in [0.05, 0.1) is 6.10 Å². The van der Waals surface area contributed by atoms with Crippen molar-refractivity contribution in [3.63, 3.8) is 0 Å². The van der Waals surface area contributed by atoms with Crippen molar-refractivity contribution < 1.29 is 15.3 Å². The maximum absolute atomic E-state index is 8.87. The molecule has 0 aromatic rings. The fourth-order valence-corrected chi connectivity index (χ4v) is 0.651. The van der Waals surface area contributed by atoms with Gasteiger partial charge in [-0.25, -0.2) is 0 Å². The number of aliphatic hydroxyl groups is 3. The molecule has 56 valence electrons. The predicted molar refractivity (Wildman–Crippen MR) is 34.0 cm³/mol. The Morgan fingerprint density at radius 3 is 2.00 bits per heavy atom. The Labute approximate surface area is 54.9 Å². The van der Waals surface area contributed by atoms with Crippen LogP contribution in [0.3, 0.4) is 0 Å². The van der Waals surface area contributed by atoms with Gasteiger partial charge < -0.3 is 15.3 Å². The van der Waals surface area contributed by atoms with Crippen LogP contribution in [-0.4, -0.2) is 34.6 Å². The van der Waals surface area contributed by atoms with Crippen molar-refractivity contribution in [2.24, 2.45) is 5.92 Å². The van der Waals surface area contributed by atoms with Gasteiger partial charge in [-0.05, 0) is 13.3 Å². The minimum Gasteiger partial charge on any atom is -0.396 e. The molecule has 0 radical (unpaired) electrons. The molecule has 2 atom stereocenters. The van der Waals surface area contributed by atoms with Gasteiger partial charge >= 0.3 is 0 Å². The molecule has 0 aromatic heterocycles. The van der Waals surface area contributed by atoms with E-state index in [0.29, 0.717) is 6.42 Å². The van der Waals surface area contributed by atoms with Crippen LogP contribution < -0.4 is 0 Å². The molecule has 0 unspecified atom stereocenters. The molecule has 0 spiro atoms. The SMILES string of the molecule is C[C@H](O)[C@@H](CO)CCO. The van der Waals surface area contributed by atoms with Crippen molar-refractivity contribution >= 4 is 0 Å². The van der Waals surface area contributed by atoms with Gasteiger partial charge in [0.15, 0.2) is 0 Å². The third-order valence-corrected chi connectivity index (χ3v) is 1.42. The van der Waals surface area contributed by atoms with Crippen LogP contribution in [0.15, 0.2) is 0 Å². The minimum absolute atomic E-state index is 0.0239. The molecule has 0 aliphatic rings. The van der Waals surface area contributed by atoms with E-state index < -0.39 is 6.10 Å². The molecule has 0 fully saturated rings. The van der Waals surface area contributed by atoms with Crippen LogP contribution in [0.2, 0.25) is 0 Å². The summed E-state index contributed by atoms with van der Waals surface area (Å²) in [6, 6.07) is 0. The second-order valence-corrected chi connectivity index (χ2v) is 2.20. The highest BCUT2D eigenvalue weighted by molar-refractivity contribution is 4.61. The predicted octanol–water partition coefficient (Wildman–Crippen LogP) is -0.642. The van der Waals surface area contributed by atoms with Gasteiger partial charge in [-0.3, -0.25) is 0 Å². The monoisotopic (exact) mass is 134 g/mol. The number of hydrogen-bond acceptors (Lipinski definition) is 3. The van der Waals surface area contributed by atoms with Crippen LogP contribution in [-0.2, 0) is 0 Å². The van der Waals surface area contributed by atoms with E-state index in [1.54, 1.807) is 6.92 Å². The summed E-state index contributed by atoms with van der Waals surface area (Å²) in [6.45, 7) is 1.57. The van der Waals surface area contributed by atoms with E-state index in [2.05, 4.69) is 0 Å². The summed E-state index contributed by atoms with van der Waals surface area (Å²) >= 11 is 0. The average molecular weight is 134 g/mol. The molecule has 0 saturated heterocycles. The molecule has 9 heavy (non-hydrogen) atoms. The highest BCUT2D eigenvalue weighted by Crippen LogP contribution is 2.05. The van der Waals surface area contributed by atoms with E-state index in [0.717, 1.165) is 0 Å². The summed E-state index contributed by atoms with van der Waals surface area (Å²) in [5, 5.41) is 25.8. The standard InChI is InChI=1S/C6H14O3/c1-5(9)6(4-8)2-3-7/h5-9H,2-4H2,1H3/t5-,6+/m0/s1. The Balaban J connectivity index is 3.41. The fourth-order valence-electron chi connectivity index (χ4n) is 0.651. The second-order valence-electron chi connectivity index (χ2n) is 2.20. The van der Waals surface area contributed by atoms with Crippen molar-refractivity contribution in [2.45, 2.75) is 19.4 Å². The Hall–Kier alpha value is -0.120. The largest absolute Gasteiger partial charge is 0.396 e. The average Bonchev–Trinajstić information content (AvgIpc) is 1.82. The van der Waals surface area contributed by atoms with Crippen molar-refractivity contribution in [1.29, 1.82) is 0 Å². The van der Waals surface area contributed by atoms with Crippen LogP contribution >= 0.6 is 0 Å². The van der Waals surface area contributed by atoms with Crippen LogP contribution in [0.1, 0.15) is 13.3 Å². The Kier molecular flexibility index (Phi) is 4.67. The van der Waals surface area contributed by atoms with Crippen molar-refractivity contribution in [1.82, 2.24) is 0 Å². The van der Waals surface area contributed by atoms with Crippen molar-refractivity contribution in [3.8, 4) is 0 Å². The Bertz CT molecular complexity index is 63.3. The van der Waals surface area contributed by atoms with Gasteiger partial charge in [0.2, 0.25) is 0 Å². The lowest BCUT2D eigenvalue weighted by Gasteiger charge is -2.14. The van der Waals surface area contributed by atoms with Gasteiger partial charge in [0, 0.05) is 19.1 Å². The van der Waals surface area contributed by atoms with E-state index in [9.17, 15) is 0 Å². The zero-order chi connectivity index (χ0) is 7.28. The van der Waals surface area contributed by atoms with Gasteiger partial charge in [0.1, 0.15) is 0 Å². The van der Waals surface area contributed by atoms with Gasteiger partial charge in [-0.1, -0.05) is 0 Å². The highest BCUT2D eigenvalue weighted by Gasteiger charge is 2.11. The molecule has 0 saturated carbocycles. The van der Waals surface area contributed by atoms with E-state index in [1.165, 1.54) is 0 Å².